The molecule has 0 amide bonds. The van der Waals surface area contributed by atoms with E-state index >= 15 is 0 Å². The van der Waals surface area contributed by atoms with Gasteiger partial charge in [0.2, 0.25) is 0 Å². The minimum Gasteiger partial charge on any atom is -0.358 e. The zero-order valence-corrected chi connectivity index (χ0v) is 9.11. The van der Waals surface area contributed by atoms with Crippen LogP contribution in [0.3, 0.4) is 0 Å². The molecule has 0 saturated carbocycles. The molecule has 0 saturated heterocycles. The fourth-order valence-electron chi connectivity index (χ4n) is 0.493. The van der Waals surface area contributed by atoms with Crippen LogP contribution in [-0.2, 0) is 32.7 Å². The van der Waals surface area contributed by atoms with Crippen LogP contribution < -0.4 is 0 Å². The molecule has 0 spiro atoms. The SMILES string of the molecule is [CH2-]C(C)CCC.[CH3-].[Y+3]. The van der Waals surface area contributed by atoms with Crippen LogP contribution in [-0.4, -0.2) is 0 Å². The molecule has 0 nitrogen and oxygen atoms in total. The second-order valence-corrected chi connectivity index (χ2v) is 1.89. The van der Waals surface area contributed by atoms with Gasteiger partial charge in [0.1, 0.15) is 0 Å². The monoisotopic (exact) mass is 189 g/mol. The number of hydrogen-bond acceptors (Lipinski definition) is 0. The van der Waals surface area contributed by atoms with Crippen LogP contribution in [0.2, 0.25) is 0 Å². The Morgan fingerprint density at radius 3 is 1.88 bits per heavy atom. The van der Waals surface area contributed by atoms with Crippen molar-refractivity contribution in [3.8, 4) is 0 Å². The minimum absolute atomic E-state index is 0. The predicted octanol–water partition coefficient (Wildman–Crippen LogP) is 2.70. The van der Waals surface area contributed by atoms with Gasteiger partial charge in [0, 0.05) is 0 Å². The summed E-state index contributed by atoms with van der Waals surface area (Å²) in [5.74, 6) is 0.648. The van der Waals surface area contributed by atoms with Crippen LogP contribution in [0.4, 0.5) is 0 Å². The fraction of sp³-hybridized carbons (Fsp3) is 0.714. The summed E-state index contributed by atoms with van der Waals surface area (Å²) >= 11 is 0. The van der Waals surface area contributed by atoms with Crippen LogP contribution in [0.5, 0.6) is 0 Å². The van der Waals surface area contributed by atoms with Gasteiger partial charge in [-0.05, 0) is 0 Å². The van der Waals surface area contributed by atoms with E-state index in [-0.39, 0.29) is 40.1 Å². The molecule has 0 radical (unpaired) electrons. The second kappa shape index (κ2) is 11.0. The first-order chi connectivity index (χ1) is 2.77. The third-order valence-corrected chi connectivity index (χ3v) is 0.781. The van der Waals surface area contributed by atoms with Gasteiger partial charge in [-0.2, -0.15) is 5.92 Å². The second-order valence-electron chi connectivity index (χ2n) is 1.89. The van der Waals surface area contributed by atoms with Gasteiger partial charge in [0.25, 0.3) is 0 Å². The minimum atomic E-state index is 0. The Hall–Kier alpha value is 1.10. The Bertz CT molecular complexity index is 25.6. The van der Waals surface area contributed by atoms with E-state index in [1.165, 1.54) is 12.8 Å². The molecule has 46 valence electrons. The van der Waals surface area contributed by atoms with Gasteiger partial charge in [-0.15, -0.1) is 0 Å². The third-order valence-electron chi connectivity index (χ3n) is 0.781. The molecule has 0 aromatic heterocycles. The Labute approximate surface area is 79.3 Å². The molecule has 0 N–H and O–H groups in total. The Kier molecular flexibility index (Phi) is 22.0. The van der Waals surface area contributed by atoms with E-state index in [2.05, 4.69) is 20.8 Å². The van der Waals surface area contributed by atoms with Crippen molar-refractivity contribution in [3.05, 3.63) is 14.4 Å². The maximum absolute atomic E-state index is 3.83. The predicted molar refractivity (Wildman–Crippen MR) is 35.8 cm³/mol. The largest absolute Gasteiger partial charge is 3.00 e. The smallest absolute Gasteiger partial charge is 0.358 e. The van der Waals surface area contributed by atoms with Crippen LogP contribution in [0.25, 0.3) is 0 Å². The van der Waals surface area contributed by atoms with Crippen LogP contribution >= 0.6 is 0 Å². The van der Waals surface area contributed by atoms with Crippen molar-refractivity contribution in [3.63, 3.8) is 0 Å². The van der Waals surface area contributed by atoms with Crippen LogP contribution in [0, 0.1) is 20.3 Å². The Balaban J connectivity index is -0.000000125. The average molecular weight is 189 g/mol. The molecule has 8 heavy (non-hydrogen) atoms. The number of hydrogen-bond donors (Lipinski definition) is 0. The average Bonchev–Trinajstić information content (AvgIpc) is 1.35. The quantitative estimate of drug-likeness (QED) is 0.586. The van der Waals surface area contributed by atoms with E-state index in [4.69, 9.17) is 0 Å². The van der Waals surface area contributed by atoms with Crippen molar-refractivity contribution in [1.82, 2.24) is 0 Å². The van der Waals surface area contributed by atoms with Crippen molar-refractivity contribution < 1.29 is 32.7 Å². The Morgan fingerprint density at radius 2 is 1.88 bits per heavy atom. The third kappa shape index (κ3) is 15.7. The van der Waals surface area contributed by atoms with Crippen molar-refractivity contribution in [1.29, 1.82) is 0 Å². The zero-order valence-electron chi connectivity index (χ0n) is 6.28. The van der Waals surface area contributed by atoms with Gasteiger partial charge in [-0.3, -0.25) is 0 Å². The molecular weight excluding hydrogens is 173 g/mol. The molecule has 1 heteroatoms. The van der Waals surface area contributed by atoms with Crippen molar-refractivity contribution in [2.75, 3.05) is 0 Å². The van der Waals surface area contributed by atoms with Crippen molar-refractivity contribution >= 4 is 0 Å². The molecule has 0 aromatic carbocycles. The summed E-state index contributed by atoms with van der Waals surface area (Å²) in [6.45, 7) is 8.15. The molecule has 0 aromatic rings. The van der Waals surface area contributed by atoms with Gasteiger partial charge in [-0.1, -0.05) is 26.7 Å². The van der Waals surface area contributed by atoms with Gasteiger partial charge in [-0.25, -0.2) is 0 Å². The summed E-state index contributed by atoms with van der Waals surface area (Å²) in [6, 6.07) is 0. The summed E-state index contributed by atoms with van der Waals surface area (Å²) < 4.78 is 0. The molecule has 0 fully saturated rings. The molecule has 0 rings (SSSR count). The summed E-state index contributed by atoms with van der Waals surface area (Å²) in [5, 5.41) is 0. The molecule has 0 heterocycles. The van der Waals surface area contributed by atoms with E-state index < -0.39 is 0 Å². The summed E-state index contributed by atoms with van der Waals surface area (Å²) in [6.07, 6.45) is 2.53. The summed E-state index contributed by atoms with van der Waals surface area (Å²) in [5.41, 5.74) is 0. The van der Waals surface area contributed by atoms with Crippen LogP contribution in [0.15, 0.2) is 0 Å². The van der Waals surface area contributed by atoms with Crippen molar-refractivity contribution in [2.24, 2.45) is 5.92 Å². The summed E-state index contributed by atoms with van der Waals surface area (Å²) in [7, 11) is 0. The van der Waals surface area contributed by atoms with E-state index in [1.807, 2.05) is 0 Å². The first-order valence-corrected chi connectivity index (χ1v) is 2.60. The zero-order chi connectivity index (χ0) is 4.99. The molecular formula is C7H16Y+. The normalized spacial score (nSPS) is 10.9. The van der Waals surface area contributed by atoms with E-state index in [0.717, 1.165) is 0 Å². The van der Waals surface area contributed by atoms with Gasteiger partial charge in [0.15, 0.2) is 0 Å². The van der Waals surface area contributed by atoms with Gasteiger partial charge < -0.3 is 14.4 Å². The maximum atomic E-state index is 3.83. The maximum Gasteiger partial charge on any atom is 3.00 e. The first kappa shape index (κ1) is 16.0. The number of rotatable bonds is 2. The molecule has 1 atom stereocenters. The van der Waals surface area contributed by atoms with E-state index in [0.29, 0.717) is 5.92 Å². The summed E-state index contributed by atoms with van der Waals surface area (Å²) in [4.78, 5) is 0. The molecule has 0 bridgehead atoms. The molecule has 1 unspecified atom stereocenters. The molecule has 0 aliphatic carbocycles. The van der Waals surface area contributed by atoms with E-state index in [1.54, 1.807) is 0 Å². The molecule has 0 aliphatic heterocycles. The van der Waals surface area contributed by atoms with Crippen molar-refractivity contribution in [2.45, 2.75) is 26.7 Å². The topological polar surface area (TPSA) is 0 Å². The van der Waals surface area contributed by atoms with Crippen LogP contribution in [0.1, 0.15) is 26.7 Å². The standard InChI is InChI=1S/C6H13.CH3.Y/c1-4-5-6(2)3;;/h6H,2,4-5H2,1,3H3;1H3;/q2*-1;+3. The Morgan fingerprint density at radius 1 is 1.50 bits per heavy atom. The first-order valence-electron chi connectivity index (χ1n) is 2.60. The fourth-order valence-corrected chi connectivity index (χ4v) is 0.493. The van der Waals surface area contributed by atoms with Gasteiger partial charge in [0.05, 0.1) is 0 Å². The van der Waals surface area contributed by atoms with E-state index in [9.17, 15) is 0 Å². The van der Waals surface area contributed by atoms with Gasteiger partial charge >= 0.3 is 32.7 Å². The molecule has 0 aliphatic rings.